The molecule has 2 rings (SSSR count). The van der Waals surface area contributed by atoms with Gasteiger partial charge in [0.05, 0.1) is 19.8 Å². The van der Waals surface area contributed by atoms with Crippen molar-refractivity contribution in [3.05, 3.63) is 35.9 Å². The summed E-state index contributed by atoms with van der Waals surface area (Å²) in [6.07, 6.45) is 0.599. The standard InChI is InChI=1S/C16H25N3O2/c20-16(18-8-9-19-10-12-21-13-11-19)14-17-7-6-15-4-2-1-3-5-15/h1-5,17H,6-14H2,(H,18,20)/i7D/t7-/m0/s1. The maximum atomic E-state index is 11.7. The smallest absolute Gasteiger partial charge is 0.234 e. The summed E-state index contributed by atoms with van der Waals surface area (Å²) >= 11 is 0. The number of hydrogen-bond acceptors (Lipinski definition) is 4. The Morgan fingerprint density at radius 3 is 2.81 bits per heavy atom. The van der Waals surface area contributed by atoms with Crippen LogP contribution in [-0.2, 0) is 16.0 Å². The minimum Gasteiger partial charge on any atom is -0.379 e. The average molecular weight is 292 g/mol. The molecule has 0 aliphatic carbocycles. The Labute approximate surface area is 128 Å². The van der Waals surface area contributed by atoms with Gasteiger partial charge in [-0.1, -0.05) is 30.3 Å². The van der Waals surface area contributed by atoms with E-state index in [-0.39, 0.29) is 12.5 Å². The Morgan fingerprint density at radius 1 is 1.29 bits per heavy atom. The third kappa shape index (κ3) is 6.71. The van der Waals surface area contributed by atoms with E-state index in [4.69, 9.17) is 6.11 Å². The minimum absolute atomic E-state index is 0.0569. The van der Waals surface area contributed by atoms with E-state index in [9.17, 15) is 4.79 Å². The van der Waals surface area contributed by atoms with Gasteiger partial charge in [0.25, 0.3) is 0 Å². The minimum atomic E-state index is -0.465. The van der Waals surface area contributed by atoms with Crippen molar-refractivity contribution in [2.45, 2.75) is 6.42 Å². The predicted molar refractivity (Wildman–Crippen MR) is 83.3 cm³/mol. The molecule has 1 saturated heterocycles. The van der Waals surface area contributed by atoms with Gasteiger partial charge in [-0.25, -0.2) is 0 Å². The van der Waals surface area contributed by atoms with Crippen molar-refractivity contribution >= 4 is 5.91 Å². The largest absolute Gasteiger partial charge is 0.379 e. The zero-order chi connectivity index (χ0) is 15.6. The summed E-state index contributed by atoms with van der Waals surface area (Å²) in [4.78, 5) is 14.0. The highest BCUT2D eigenvalue weighted by Crippen LogP contribution is 1.98. The fourth-order valence-corrected chi connectivity index (χ4v) is 2.21. The first kappa shape index (κ1) is 14.5. The van der Waals surface area contributed by atoms with Gasteiger partial charge in [-0.3, -0.25) is 9.69 Å². The summed E-state index contributed by atoms with van der Waals surface area (Å²) < 4.78 is 13.2. The van der Waals surface area contributed by atoms with E-state index < -0.39 is 6.52 Å². The SMILES string of the molecule is [2H][C@@H](Cc1ccccc1)NCC(=O)NCCN1CCOCC1. The third-order valence-corrected chi connectivity index (χ3v) is 3.44. The van der Waals surface area contributed by atoms with Crippen LogP contribution in [0.25, 0.3) is 0 Å². The van der Waals surface area contributed by atoms with Crippen LogP contribution in [0.15, 0.2) is 30.3 Å². The fourth-order valence-electron chi connectivity index (χ4n) is 2.21. The van der Waals surface area contributed by atoms with Crippen molar-refractivity contribution in [3.8, 4) is 0 Å². The molecule has 0 bridgehead atoms. The number of nitrogens with zero attached hydrogens (tertiary/aromatic N) is 1. The summed E-state index contributed by atoms with van der Waals surface area (Å²) in [5.41, 5.74) is 1.10. The van der Waals surface area contributed by atoms with Crippen molar-refractivity contribution in [1.82, 2.24) is 15.5 Å². The van der Waals surface area contributed by atoms with E-state index >= 15 is 0 Å². The summed E-state index contributed by atoms with van der Waals surface area (Å²) in [5.74, 6) is -0.0569. The Bertz CT molecular complexity index is 438. The molecule has 0 radical (unpaired) electrons. The van der Waals surface area contributed by atoms with Crippen LogP contribution in [0, 0.1) is 0 Å². The number of nitrogens with one attached hydrogen (secondary N) is 2. The normalized spacial score (nSPS) is 18.0. The van der Waals surface area contributed by atoms with Gasteiger partial charge in [0, 0.05) is 27.5 Å². The molecular formula is C16H25N3O2. The topological polar surface area (TPSA) is 53.6 Å². The number of carbonyl (C=O) groups excluding carboxylic acids is 1. The van der Waals surface area contributed by atoms with Crippen LogP contribution < -0.4 is 10.6 Å². The highest BCUT2D eigenvalue weighted by Gasteiger charge is 2.09. The number of hydrogen-bond donors (Lipinski definition) is 2. The number of benzene rings is 1. The first-order valence-electron chi connectivity index (χ1n) is 8.08. The zero-order valence-electron chi connectivity index (χ0n) is 13.4. The summed E-state index contributed by atoms with van der Waals surface area (Å²) in [6.45, 7) is 4.62. The summed E-state index contributed by atoms with van der Waals surface area (Å²) in [5, 5.41) is 5.82. The molecule has 1 amide bonds. The van der Waals surface area contributed by atoms with Crippen LogP contribution in [0.4, 0.5) is 0 Å². The molecule has 1 heterocycles. The van der Waals surface area contributed by atoms with E-state index in [2.05, 4.69) is 15.5 Å². The molecule has 0 saturated carbocycles. The van der Waals surface area contributed by atoms with Crippen LogP contribution >= 0.6 is 0 Å². The number of ether oxygens (including phenoxy) is 1. The van der Waals surface area contributed by atoms with Gasteiger partial charge in [0.15, 0.2) is 0 Å². The van der Waals surface area contributed by atoms with E-state index in [1.807, 2.05) is 30.3 Å². The maximum absolute atomic E-state index is 11.7. The van der Waals surface area contributed by atoms with Crippen LogP contribution in [0.2, 0.25) is 0 Å². The van der Waals surface area contributed by atoms with E-state index in [0.717, 1.165) is 38.4 Å². The number of rotatable bonds is 8. The molecular weight excluding hydrogens is 266 g/mol. The van der Waals surface area contributed by atoms with Gasteiger partial charge in [0.2, 0.25) is 5.91 Å². The molecule has 1 atom stereocenters. The van der Waals surface area contributed by atoms with Gasteiger partial charge in [-0.15, -0.1) is 0 Å². The predicted octanol–water partition coefficient (Wildman–Crippen LogP) is 0.267. The lowest BCUT2D eigenvalue weighted by Gasteiger charge is -2.26. The van der Waals surface area contributed by atoms with Crippen molar-refractivity contribution in [1.29, 1.82) is 0 Å². The Hall–Kier alpha value is -1.43. The molecule has 1 aromatic carbocycles. The monoisotopic (exact) mass is 292 g/mol. The second-order valence-electron chi connectivity index (χ2n) is 5.08. The third-order valence-electron chi connectivity index (χ3n) is 3.44. The van der Waals surface area contributed by atoms with Gasteiger partial charge in [-0.05, 0) is 18.5 Å². The molecule has 0 aromatic heterocycles. The Kier molecular flexibility index (Phi) is 6.56. The molecule has 1 aromatic rings. The average Bonchev–Trinajstić information content (AvgIpc) is 2.55. The molecule has 1 aliphatic rings. The number of morpholine rings is 1. The van der Waals surface area contributed by atoms with Gasteiger partial charge in [0.1, 0.15) is 0 Å². The molecule has 1 aliphatic heterocycles. The number of aryl methyl sites for hydroxylation is 1. The lowest BCUT2D eigenvalue weighted by Crippen LogP contribution is -2.43. The second kappa shape index (κ2) is 9.50. The van der Waals surface area contributed by atoms with Crippen LogP contribution in [0.1, 0.15) is 6.93 Å². The molecule has 5 nitrogen and oxygen atoms in total. The first-order chi connectivity index (χ1) is 10.7. The van der Waals surface area contributed by atoms with Gasteiger partial charge < -0.3 is 15.4 Å². The van der Waals surface area contributed by atoms with Crippen molar-refractivity contribution in [2.75, 3.05) is 52.5 Å². The number of amides is 1. The second-order valence-corrected chi connectivity index (χ2v) is 5.08. The highest BCUT2D eigenvalue weighted by atomic mass is 16.5. The molecule has 0 unspecified atom stereocenters. The van der Waals surface area contributed by atoms with Crippen molar-refractivity contribution in [2.24, 2.45) is 0 Å². The number of carbonyl (C=O) groups is 1. The van der Waals surface area contributed by atoms with Gasteiger partial charge in [-0.2, -0.15) is 0 Å². The van der Waals surface area contributed by atoms with Crippen LogP contribution in [0.5, 0.6) is 0 Å². The Morgan fingerprint density at radius 2 is 2.05 bits per heavy atom. The highest BCUT2D eigenvalue weighted by molar-refractivity contribution is 5.77. The van der Waals surface area contributed by atoms with E-state index in [0.29, 0.717) is 13.0 Å². The maximum Gasteiger partial charge on any atom is 0.234 e. The summed E-state index contributed by atoms with van der Waals surface area (Å²) in [7, 11) is 0. The molecule has 5 heteroatoms. The quantitative estimate of drug-likeness (QED) is 0.722. The van der Waals surface area contributed by atoms with Crippen LogP contribution in [0.3, 0.4) is 0 Å². The lowest BCUT2D eigenvalue weighted by molar-refractivity contribution is -0.120. The molecule has 21 heavy (non-hydrogen) atoms. The van der Waals surface area contributed by atoms with Crippen LogP contribution in [-0.4, -0.2) is 63.3 Å². The van der Waals surface area contributed by atoms with Crippen molar-refractivity contribution in [3.63, 3.8) is 0 Å². The summed E-state index contributed by atoms with van der Waals surface area (Å²) in [6, 6.07) is 9.86. The van der Waals surface area contributed by atoms with Crippen molar-refractivity contribution < 1.29 is 10.9 Å². The first-order valence-corrected chi connectivity index (χ1v) is 7.50. The zero-order valence-corrected chi connectivity index (χ0v) is 12.4. The molecule has 116 valence electrons. The van der Waals surface area contributed by atoms with Gasteiger partial charge >= 0.3 is 0 Å². The fraction of sp³-hybridized carbons (Fsp3) is 0.562. The molecule has 2 N–H and O–H groups in total. The molecule has 0 spiro atoms. The van der Waals surface area contributed by atoms with E-state index in [1.165, 1.54) is 0 Å². The molecule has 1 fully saturated rings. The Balaban J connectivity index is 1.55. The lowest BCUT2D eigenvalue weighted by atomic mass is 10.1. The van der Waals surface area contributed by atoms with E-state index in [1.54, 1.807) is 0 Å².